The molecule has 0 spiro atoms. The molecule has 1 N–H and O–H groups in total. The van der Waals surface area contributed by atoms with E-state index >= 15 is 0 Å². The van der Waals surface area contributed by atoms with Crippen molar-refractivity contribution < 1.29 is 27.4 Å². The lowest BCUT2D eigenvalue weighted by molar-refractivity contribution is -0.141. The monoisotopic (exact) mass is 324 g/mol. The van der Waals surface area contributed by atoms with E-state index < -0.39 is 17.8 Å². The molecule has 0 bridgehead atoms. The number of hydrogen-bond donors (Lipinski definition) is 1. The van der Waals surface area contributed by atoms with Crippen LogP contribution < -0.4 is 14.8 Å². The molecule has 3 rings (SSSR count). The fourth-order valence-electron chi connectivity index (χ4n) is 2.02. The molecule has 2 heterocycles. The number of ether oxygens (including phenoxy) is 2. The van der Waals surface area contributed by atoms with Gasteiger partial charge in [-0.3, -0.25) is 9.78 Å². The van der Waals surface area contributed by atoms with Crippen molar-refractivity contribution in [3.05, 3.63) is 47.8 Å². The van der Waals surface area contributed by atoms with Gasteiger partial charge in [0, 0.05) is 18.0 Å². The number of fused-ring (bicyclic) bond motifs is 1. The van der Waals surface area contributed by atoms with Crippen LogP contribution in [-0.2, 0) is 6.18 Å². The Bertz CT molecular complexity index is 730. The molecular formula is C15H11F3N2O3. The van der Waals surface area contributed by atoms with Gasteiger partial charge in [0.2, 0.25) is 0 Å². The van der Waals surface area contributed by atoms with Gasteiger partial charge in [0.1, 0.15) is 18.9 Å². The van der Waals surface area contributed by atoms with E-state index in [9.17, 15) is 18.0 Å². The molecule has 0 unspecified atom stereocenters. The van der Waals surface area contributed by atoms with Gasteiger partial charge in [-0.1, -0.05) is 0 Å². The second-order valence-corrected chi connectivity index (χ2v) is 4.74. The lowest BCUT2D eigenvalue weighted by Gasteiger charge is -2.19. The van der Waals surface area contributed by atoms with Gasteiger partial charge >= 0.3 is 6.18 Å². The Morgan fingerprint density at radius 1 is 1.09 bits per heavy atom. The summed E-state index contributed by atoms with van der Waals surface area (Å²) in [4.78, 5) is 15.3. The Morgan fingerprint density at radius 2 is 1.83 bits per heavy atom. The Kier molecular flexibility index (Phi) is 3.81. The number of amides is 1. The summed E-state index contributed by atoms with van der Waals surface area (Å²) in [6.07, 6.45) is -3.65. The molecule has 1 amide bonds. The Morgan fingerprint density at radius 3 is 2.48 bits per heavy atom. The van der Waals surface area contributed by atoms with Crippen LogP contribution in [0.1, 0.15) is 16.1 Å². The number of hydrogen-bond acceptors (Lipinski definition) is 4. The van der Waals surface area contributed by atoms with Crippen LogP contribution in [-0.4, -0.2) is 24.1 Å². The van der Waals surface area contributed by atoms with Crippen LogP contribution in [0.5, 0.6) is 11.5 Å². The standard InChI is InChI=1S/C15H11F3N2O3/c16-15(17,18)13-4-1-9(8-19-13)14(21)20-10-2-3-11-12(7-10)23-6-5-22-11/h1-4,7-8H,5-6H2,(H,20,21). The number of benzene rings is 1. The average molecular weight is 324 g/mol. The zero-order valence-electron chi connectivity index (χ0n) is 11.7. The van der Waals surface area contributed by atoms with Gasteiger partial charge in [0.05, 0.1) is 5.56 Å². The molecule has 23 heavy (non-hydrogen) atoms. The summed E-state index contributed by atoms with van der Waals surface area (Å²) in [5, 5.41) is 2.57. The molecule has 1 aliphatic heterocycles. The maximum atomic E-state index is 12.4. The molecule has 0 atom stereocenters. The predicted molar refractivity (Wildman–Crippen MR) is 74.6 cm³/mol. The quantitative estimate of drug-likeness (QED) is 0.922. The molecule has 0 radical (unpaired) electrons. The van der Waals surface area contributed by atoms with Gasteiger partial charge in [0.25, 0.3) is 5.91 Å². The highest BCUT2D eigenvalue weighted by Crippen LogP contribution is 2.32. The minimum Gasteiger partial charge on any atom is -0.486 e. The van der Waals surface area contributed by atoms with Crippen molar-refractivity contribution in [2.45, 2.75) is 6.18 Å². The topological polar surface area (TPSA) is 60.5 Å². The molecule has 0 aliphatic carbocycles. The SMILES string of the molecule is O=C(Nc1ccc2c(c1)OCCO2)c1ccc(C(F)(F)F)nc1. The van der Waals surface area contributed by atoms with Crippen LogP contribution in [0.4, 0.5) is 18.9 Å². The number of halogens is 3. The van der Waals surface area contributed by atoms with Gasteiger partial charge in [0.15, 0.2) is 11.5 Å². The molecule has 1 aliphatic rings. The number of nitrogens with one attached hydrogen (secondary N) is 1. The first-order valence-electron chi connectivity index (χ1n) is 6.68. The number of carbonyl (C=O) groups is 1. The number of pyridine rings is 1. The van der Waals surface area contributed by atoms with Crippen molar-refractivity contribution in [2.24, 2.45) is 0 Å². The highest BCUT2D eigenvalue weighted by Gasteiger charge is 2.32. The third kappa shape index (κ3) is 3.36. The van der Waals surface area contributed by atoms with Crippen LogP contribution in [0.15, 0.2) is 36.5 Å². The molecule has 0 saturated heterocycles. The van der Waals surface area contributed by atoms with Crippen LogP contribution in [0.3, 0.4) is 0 Å². The van der Waals surface area contributed by atoms with E-state index in [1.165, 1.54) is 0 Å². The fraction of sp³-hybridized carbons (Fsp3) is 0.200. The number of aromatic nitrogens is 1. The van der Waals surface area contributed by atoms with Crippen molar-refractivity contribution in [3.63, 3.8) is 0 Å². The molecule has 1 aromatic heterocycles. The summed E-state index contributed by atoms with van der Waals surface area (Å²) >= 11 is 0. The average Bonchev–Trinajstić information content (AvgIpc) is 2.54. The molecule has 1 aromatic carbocycles. The first-order valence-corrected chi connectivity index (χ1v) is 6.68. The molecule has 120 valence electrons. The summed E-state index contributed by atoms with van der Waals surface area (Å²) in [6.45, 7) is 0.864. The molecule has 8 heteroatoms. The van der Waals surface area contributed by atoms with E-state index in [4.69, 9.17) is 9.47 Å². The Hall–Kier alpha value is -2.77. The minimum absolute atomic E-state index is 0.0212. The van der Waals surface area contributed by atoms with Crippen molar-refractivity contribution in [1.29, 1.82) is 0 Å². The molecule has 0 fully saturated rings. The van der Waals surface area contributed by atoms with Crippen LogP contribution in [0.25, 0.3) is 0 Å². The second-order valence-electron chi connectivity index (χ2n) is 4.74. The van der Waals surface area contributed by atoms with E-state index in [2.05, 4.69) is 10.3 Å². The Balaban J connectivity index is 1.74. The highest BCUT2D eigenvalue weighted by atomic mass is 19.4. The van der Waals surface area contributed by atoms with Crippen molar-refractivity contribution in [1.82, 2.24) is 4.98 Å². The summed E-state index contributed by atoms with van der Waals surface area (Å²) in [6, 6.07) is 6.68. The molecule has 0 saturated carbocycles. The maximum absolute atomic E-state index is 12.4. The number of alkyl halides is 3. The van der Waals surface area contributed by atoms with Crippen LogP contribution in [0.2, 0.25) is 0 Å². The number of anilines is 1. The van der Waals surface area contributed by atoms with Gasteiger partial charge in [-0.15, -0.1) is 0 Å². The third-order valence-corrected chi connectivity index (χ3v) is 3.12. The second kappa shape index (κ2) is 5.79. The van der Waals surface area contributed by atoms with Gasteiger partial charge in [-0.05, 0) is 24.3 Å². The summed E-state index contributed by atoms with van der Waals surface area (Å²) in [5.41, 5.74) is -0.583. The number of nitrogens with zero attached hydrogens (tertiary/aromatic N) is 1. The van der Waals surface area contributed by atoms with Crippen molar-refractivity contribution >= 4 is 11.6 Å². The molecule has 2 aromatic rings. The van der Waals surface area contributed by atoms with Gasteiger partial charge in [-0.25, -0.2) is 0 Å². The Labute approximate surface area is 129 Å². The van der Waals surface area contributed by atoms with Gasteiger partial charge < -0.3 is 14.8 Å². The maximum Gasteiger partial charge on any atom is 0.433 e. The highest BCUT2D eigenvalue weighted by molar-refractivity contribution is 6.04. The van der Waals surface area contributed by atoms with E-state index in [1.54, 1.807) is 18.2 Å². The third-order valence-electron chi connectivity index (χ3n) is 3.12. The van der Waals surface area contributed by atoms with Crippen LogP contribution >= 0.6 is 0 Å². The first kappa shape index (κ1) is 15.1. The summed E-state index contributed by atoms with van der Waals surface area (Å²) in [7, 11) is 0. The first-order chi connectivity index (χ1) is 10.9. The zero-order chi connectivity index (χ0) is 16.4. The lowest BCUT2D eigenvalue weighted by Crippen LogP contribution is -2.17. The van der Waals surface area contributed by atoms with E-state index in [0.29, 0.717) is 30.4 Å². The van der Waals surface area contributed by atoms with Crippen molar-refractivity contribution in [2.75, 3.05) is 18.5 Å². The zero-order valence-corrected chi connectivity index (χ0v) is 11.7. The van der Waals surface area contributed by atoms with Crippen LogP contribution in [0, 0.1) is 0 Å². The molecule has 5 nitrogen and oxygen atoms in total. The van der Waals surface area contributed by atoms with E-state index in [0.717, 1.165) is 18.3 Å². The van der Waals surface area contributed by atoms with Gasteiger partial charge in [-0.2, -0.15) is 13.2 Å². The number of carbonyl (C=O) groups excluding carboxylic acids is 1. The minimum atomic E-state index is -4.54. The summed E-state index contributed by atoms with van der Waals surface area (Å²) in [5.74, 6) is 0.507. The smallest absolute Gasteiger partial charge is 0.433 e. The fourth-order valence-corrected chi connectivity index (χ4v) is 2.02. The normalized spacial score (nSPS) is 13.5. The van der Waals surface area contributed by atoms with E-state index in [-0.39, 0.29) is 5.56 Å². The summed E-state index contributed by atoms with van der Waals surface area (Å²) < 4.78 is 48.1. The predicted octanol–water partition coefficient (Wildman–Crippen LogP) is 3.12. The number of rotatable bonds is 2. The van der Waals surface area contributed by atoms with E-state index in [1.807, 2.05) is 0 Å². The largest absolute Gasteiger partial charge is 0.486 e. The lowest BCUT2D eigenvalue weighted by atomic mass is 10.2. The van der Waals surface area contributed by atoms with Crippen molar-refractivity contribution in [3.8, 4) is 11.5 Å². The molecular weight excluding hydrogens is 313 g/mol.